The van der Waals surface area contributed by atoms with E-state index in [4.69, 9.17) is 18.9 Å². The van der Waals surface area contributed by atoms with E-state index in [-0.39, 0.29) is 30.9 Å². The summed E-state index contributed by atoms with van der Waals surface area (Å²) in [5, 5.41) is 2.84. The number of piperazine rings is 1. The van der Waals surface area contributed by atoms with Crippen molar-refractivity contribution in [3.05, 3.63) is 35.9 Å². The van der Waals surface area contributed by atoms with Crippen molar-refractivity contribution in [3.63, 3.8) is 0 Å². The Balaban J connectivity index is 1.19. The Hall–Kier alpha value is -2.85. The summed E-state index contributed by atoms with van der Waals surface area (Å²) in [5.41, 5.74) is 0.921. The normalized spacial score (nSPS) is 26.2. The first-order chi connectivity index (χ1) is 16.9. The van der Waals surface area contributed by atoms with Gasteiger partial charge in [0.2, 0.25) is 5.91 Å². The second-order valence-corrected chi connectivity index (χ2v) is 9.30. The highest BCUT2D eigenvalue weighted by Gasteiger charge is 2.48. The van der Waals surface area contributed by atoms with Crippen LogP contribution in [0.25, 0.3) is 0 Å². The number of nitrogens with zero attached hydrogens (tertiary/aromatic N) is 2. The standard InChI is InChI=1S/C25H35N3O7/c1-17(34-20-10-6-7-15-32-20)21-22(26-23(21)29)18(2)35-25(31)28-13-11-27(12-14-28)24(30)33-16-19-8-4-3-5-9-19/h3-5,8-9,17-18,20-22H,6-7,10-16H2,1-2H3,(H,26,29)/t17-,18+,20?,21-,22-/m1/s1. The van der Waals surface area contributed by atoms with Crippen LogP contribution in [0.3, 0.4) is 0 Å². The molecule has 0 spiro atoms. The van der Waals surface area contributed by atoms with Gasteiger partial charge >= 0.3 is 12.2 Å². The van der Waals surface area contributed by atoms with Crippen LogP contribution in [-0.4, -0.2) is 85.2 Å². The summed E-state index contributed by atoms with van der Waals surface area (Å²) in [7, 11) is 0. The average molecular weight is 490 g/mol. The second-order valence-electron chi connectivity index (χ2n) is 9.30. The maximum Gasteiger partial charge on any atom is 0.410 e. The van der Waals surface area contributed by atoms with E-state index in [9.17, 15) is 14.4 Å². The Labute approximate surface area is 205 Å². The number of rotatable bonds is 7. The lowest BCUT2D eigenvalue weighted by molar-refractivity contribution is -0.205. The fourth-order valence-corrected chi connectivity index (χ4v) is 4.66. The van der Waals surface area contributed by atoms with Crippen LogP contribution in [0.4, 0.5) is 9.59 Å². The highest BCUT2D eigenvalue weighted by molar-refractivity contribution is 5.86. The molecule has 0 aliphatic carbocycles. The lowest BCUT2D eigenvalue weighted by atomic mass is 9.83. The third kappa shape index (κ3) is 6.43. The third-order valence-electron chi connectivity index (χ3n) is 6.80. The molecule has 0 saturated carbocycles. The molecule has 5 atom stereocenters. The van der Waals surface area contributed by atoms with Gasteiger partial charge in [-0.15, -0.1) is 0 Å². The van der Waals surface area contributed by atoms with Crippen molar-refractivity contribution < 1.29 is 33.3 Å². The minimum Gasteiger partial charge on any atom is -0.445 e. The SMILES string of the molecule is C[C@H](OC(=O)N1CCN(C(=O)OCc2ccccc2)CC1)[C@H]1NC(=O)[C@@H]1[C@@H](C)OC1CCCCO1. The first kappa shape index (κ1) is 25.2. The number of amides is 3. The molecule has 3 aliphatic rings. The lowest BCUT2D eigenvalue weighted by Gasteiger charge is -2.44. The van der Waals surface area contributed by atoms with Crippen molar-refractivity contribution in [2.75, 3.05) is 32.8 Å². The highest BCUT2D eigenvalue weighted by Crippen LogP contribution is 2.28. The summed E-state index contributed by atoms with van der Waals surface area (Å²) in [5.74, 6) is -0.511. The largest absolute Gasteiger partial charge is 0.445 e. The van der Waals surface area contributed by atoms with Gasteiger partial charge in [-0.1, -0.05) is 30.3 Å². The van der Waals surface area contributed by atoms with Crippen molar-refractivity contribution in [2.24, 2.45) is 5.92 Å². The summed E-state index contributed by atoms with van der Waals surface area (Å²) >= 11 is 0. The molecule has 10 nitrogen and oxygen atoms in total. The second kappa shape index (κ2) is 11.7. The quantitative estimate of drug-likeness (QED) is 0.587. The van der Waals surface area contributed by atoms with Crippen molar-refractivity contribution in [1.29, 1.82) is 0 Å². The average Bonchev–Trinajstić information content (AvgIpc) is 2.86. The molecular weight excluding hydrogens is 454 g/mol. The number of nitrogens with one attached hydrogen (secondary N) is 1. The molecule has 0 bridgehead atoms. The van der Waals surface area contributed by atoms with Gasteiger partial charge in [0.25, 0.3) is 0 Å². The highest BCUT2D eigenvalue weighted by atomic mass is 16.7. The Morgan fingerprint density at radius 1 is 1.03 bits per heavy atom. The molecule has 0 aromatic heterocycles. The Morgan fingerprint density at radius 3 is 2.34 bits per heavy atom. The van der Waals surface area contributed by atoms with Gasteiger partial charge in [-0.3, -0.25) is 4.79 Å². The van der Waals surface area contributed by atoms with Gasteiger partial charge in [0, 0.05) is 32.8 Å². The van der Waals surface area contributed by atoms with Gasteiger partial charge in [-0.2, -0.15) is 0 Å². The maximum atomic E-state index is 12.7. The molecule has 1 aromatic carbocycles. The van der Waals surface area contributed by atoms with Crippen molar-refractivity contribution in [1.82, 2.24) is 15.1 Å². The molecule has 3 amide bonds. The predicted octanol–water partition coefficient (Wildman–Crippen LogP) is 2.51. The van der Waals surface area contributed by atoms with E-state index in [1.165, 1.54) is 0 Å². The van der Waals surface area contributed by atoms with E-state index in [0.29, 0.717) is 32.8 Å². The van der Waals surface area contributed by atoms with Crippen LogP contribution in [0, 0.1) is 5.92 Å². The first-order valence-corrected chi connectivity index (χ1v) is 12.4. The van der Waals surface area contributed by atoms with Crippen LogP contribution in [0.1, 0.15) is 38.7 Å². The monoisotopic (exact) mass is 489 g/mol. The van der Waals surface area contributed by atoms with E-state index >= 15 is 0 Å². The fraction of sp³-hybridized carbons (Fsp3) is 0.640. The summed E-state index contributed by atoms with van der Waals surface area (Å²) in [6.45, 7) is 5.95. The first-order valence-electron chi connectivity index (χ1n) is 12.4. The van der Waals surface area contributed by atoms with Gasteiger partial charge in [0.1, 0.15) is 12.7 Å². The predicted molar refractivity (Wildman–Crippen MR) is 125 cm³/mol. The minimum absolute atomic E-state index is 0.108. The van der Waals surface area contributed by atoms with Crippen LogP contribution < -0.4 is 5.32 Å². The van der Waals surface area contributed by atoms with Gasteiger partial charge in [-0.25, -0.2) is 9.59 Å². The van der Waals surface area contributed by atoms with Crippen LogP contribution in [0.5, 0.6) is 0 Å². The van der Waals surface area contributed by atoms with Crippen LogP contribution in [0.15, 0.2) is 30.3 Å². The molecular formula is C25H35N3O7. The summed E-state index contributed by atoms with van der Waals surface area (Å²) in [6, 6.07) is 9.17. The van der Waals surface area contributed by atoms with Gasteiger partial charge in [0.05, 0.1) is 18.1 Å². The van der Waals surface area contributed by atoms with Gasteiger partial charge in [-0.05, 0) is 38.7 Å². The number of carbonyl (C=O) groups excluding carboxylic acids is 3. The molecule has 3 heterocycles. The number of benzene rings is 1. The van der Waals surface area contributed by atoms with Crippen molar-refractivity contribution >= 4 is 18.1 Å². The van der Waals surface area contributed by atoms with Crippen LogP contribution in [0.2, 0.25) is 0 Å². The van der Waals surface area contributed by atoms with Gasteiger partial charge in [0.15, 0.2) is 6.29 Å². The number of carbonyl (C=O) groups is 3. The van der Waals surface area contributed by atoms with E-state index in [2.05, 4.69) is 5.32 Å². The summed E-state index contributed by atoms with van der Waals surface area (Å²) in [6.07, 6.45) is 0.882. The zero-order valence-electron chi connectivity index (χ0n) is 20.4. The molecule has 3 fully saturated rings. The maximum absolute atomic E-state index is 12.7. The Kier molecular flexibility index (Phi) is 8.46. The molecule has 3 saturated heterocycles. The minimum atomic E-state index is -0.516. The lowest BCUT2D eigenvalue weighted by Crippen LogP contribution is -2.67. The van der Waals surface area contributed by atoms with Gasteiger partial charge < -0.3 is 34.1 Å². The van der Waals surface area contributed by atoms with E-state index in [1.54, 1.807) is 16.7 Å². The van der Waals surface area contributed by atoms with Crippen molar-refractivity contribution in [3.8, 4) is 0 Å². The molecule has 1 unspecified atom stereocenters. The number of hydrogen-bond donors (Lipinski definition) is 1. The molecule has 10 heteroatoms. The zero-order valence-corrected chi connectivity index (χ0v) is 20.4. The number of β-lactam (4-membered cyclic amide) rings is 1. The molecule has 4 rings (SSSR count). The smallest absolute Gasteiger partial charge is 0.410 e. The molecule has 192 valence electrons. The molecule has 35 heavy (non-hydrogen) atoms. The van der Waals surface area contributed by atoms with E-state index in [1.807, 2.05) is 37.3 Å². The zero-order chi connectivity index (χ0) is 24.8. The number of hydrogen-bond acceptors (Lipinski definition) is 7. The molecule has 3 aliphatic heterocycles. The summed E-state index contributed by atoms with van der Waals surface area (Å²) in [4.78, 5) is 40.5. The number of ether oxygens (including phenoxy) is 4. The molecule has 1 aromatic rings. The van der Waals surface area contributed by atoms with Crippen LogP contribution >= 0.6 is 0 Å². The Morgan fingerprint density at radius 2 is 1.71 bits per heavy atom. The van der Waals surface area contributed by atoms with Crippen molar-refractivity contribution in [2.45, 2.75) is 64.3 Å². The Bertz CT molecular complexity index is 869. The molecule has 1 N–H and O–H groups in total. The topological polar surface area (TPSA) is 107 Å². The summed E-state index contributed by atoms with van der Waals surface area (Å²) < 4.78 is 22.6. The molecule has 0 radical (unpaired) electrons. The van der Waals surface area contributed by atoms with E-state index in [0.717, 1.165) is 24.8 Å². The van der Waals surface area contributed by atoms with Crippen LogP contribution in [-0.2, 0) is 30.3 Å². The third-order valence-corrected chi connectivity index (χ3v) is 6.80. The fourth-order valence-electron chi connectivity index (χ4n) is 4.66. The van der Waals surface area contributed by atoms with E-state index < -0.39 is 24.2 Å².